The molecule has 2 N–H and O–H groups in total. The van der Waals surface area contributed by atoms with E-state index in [1.165, 1.54) is 0 Å². The first-order valence-electron chi connectivity index (χ1n) is 6.37. The normalized spacial score (nSPS) is 10.5. The van der Waals surface area contributed by atoms with Crippen LogP contribution >= 0.6 is 0 Å². The highest BCUT2D eigenvalue weighted by molar-refractivity contribution is 5.77. The second kappa shape index (κ2) is 8.50. The van der Waals surface area contributed by atoms with E-state index in [-0.39, 0.29) is 19.1 Å². The third-order valence-electron chi connectivity index (χ3n) is 2.58. The number of hydrogen-bond donors (Lipinski definition) is 2. The molecule has 1 rings (SSSR count). The van der Waals surface area contributed by atoms with E-state index in [1.807, 2.05) is 31.2 Å². The minimum atomic E-state index is -0.0659. The topological polar surface area (TPSA) is 61.8 Å². The van der Waals surface area contributed by atoms with Crippen molar-refractivity contribution in [1.82, 2.24) is 10.2 Å². The molecule has 0 atom stereocenters. The minimum Gasteiger partial charge on any atom is -0.492 e. The van der Waals surface area contributed by atoms with E-state index in [2.05, 4.69) is 5.32 Å². The number of aryl methyl sites for hydroxylation is 1. The Kier molecular flexibility index (Phi) is 6.92. The molecule has 0 radical (unpaired) electrons. The summed E-state index contributed by atoms with van der Waals surface area (Å²) in [6.07, 6.45) is 0. The molecule has 1 amide bonds. The Morgan fingerprint density at radius 3 is 2.95 bits per heavy atom. The van der Waals surface area contributed by atoms with Crippen LogP contribution in [0.5, 0.6) is 5.75 Å². The van der Waals surface area contributed by atoms with E-state index in [0.29, 0.717) is 19.7 Å². The van der Waals surface area contributed by atoms with Crippen molar-refractivity contribution in [2.24, 2.45) is 0 Å². The molecule has 0 saturated heterocycles. The average molecular weight is 266 g/mol. The van der Waals surface area contributed by atoms with Gasteiger partial charge in [0, 0.05) is 6.54 Å². The fourth-order valence-electron chi connectivity index (χ4n) is 1.62. The van der Waals surface area contributed by atoms with E-state index >= 15 is 0 Å². The number of rotatable bonds is 8. The predicted octanol–water partition coefficient (Wildman–Crippen LogP) is 0.414. The maximum absolute atomic E-state index is 11.5. The van der Waals surface area contributed by atoms with Crippen LogP contribution in [0.1, 0.15) is 5.56 Å². The number of carbonyl (C=O) groups is 1. The average Bonchev–Trinajstić information content (AvgIpc) is 2.35. The quantitative estimate of drug-likeness (QED) is 0.669. The molecule has 0 aliphatic heterocycles. The van der Waals surface area contributed by atoms with Gasteiger partial charge in [0.15, 0.2) is 0 Å². The second-order valence-electron chi connectivity index (χ2n) is 4.48. The Balaban J connectivity index is 2.15. The Morgan fingerprint density at radius 1 is 1.47 bits per heavy atom. The first-order chi connectivity index (χ1) is 9.11. The van der Waals surface area contributed by atoms with Crippen molar-refractivity contribution in [2.75, 3.05) is 39.9 Å². The lowest BCUT2D eigenvalue weighted by molar-refractivity contribution is -0.122. The van der Waals surface area contributed by atoms with Gasteiger partial charge in [-0.1, -0.05) is 12.1 Å². The molecule has 5 nitrogen and oxygen atoms in total. The zero-order valence-electron chi connectivity index (χ0n) is 11.6. The van der Waals surface area contributed by atoms with E-state index in [4.69, 9.17) is 9.84 Å². The van der Waals surface area contributed by atoms with Crippen LogP contribution in [-0.4, -0.2) is 55.8 Å². The number of likely N-dealkylation sites (N-methyl/N-ethyl adjacent to an activating group) is 1. The van der Waals surface area contributed by atoms with Gasteiger partial charge < -0.3 is 15.2 Å². The summed E-state index contributed by atoms with van der Waals surface area (Å²) >= 11 is 0. The summed E-state index contributed by atoms with van der Waals surface area (Å²) in [5.41, 5.74) is 1.15. The van der Waals surface area contributed by atoms with Gasteiger partial charge in [0.2, 0.25) is 5.91 Å². The van der Waals surface area contributed by atoms with Gasteiger partial charge in [-0.25, -0.2) is 0 Å². The minimum absolute atomic E-state index is 0.0558. The Bertz CT molecular complexity index is 396. The highest BCUT2D eigenvalue weighted by atomic mass is 16.5. The van der Waals surface area contributed by atoms with Crippen LogP contribution in [0, 0.1) is 6.92 Å². The fraction of sp³-hybridized carbons (Fsp3) is 0.500. The summed E-state index contributed by atoms with van der Waals surface area (Å²) in [5.74, 6) is 0.746. The SMILES string of the molecule is Cc1cccc(OCCNC(=O)CN(C)CCO)c1. The molecule has 19 heavy (non-hydrogen) atoms. The molecule has 1 aromatic rings. The van der Waals surface area contributed by atoms with Crippen LogP contribution in [0.2, 0.25) is 0 Å². The van der Waals surface area contributed by atoms with Crippen molar-refractivity contribution >= 4 is 5.91 Å². The predicted molar refractivity (Wildman–Crippen MR) is 74.3 cm³/mol. The van der Waals surface area contributed by atoms with Gasteiger partial charge in [-0.2, -0.15) is 0 Å². The lowest BCUT2D eigenvalue weighted by Crippen LogP contribution is -2.38. The molecule has 0 aliphatic carbocycles. The molecule has 0 bridgehead atoms. The first-order valence-corrected chi connectivity index (χ1v) is 6.37. The smallest absolute Gasteiger partial charge is 0.234 e. The number of hydrogen-bond acceptors (Lipinski definition) is 4. The highest BCUT2D eigenvalue weighted by Gasteiger charge is 2.04. The van der Waals surface area contributed by atoms with Gasteiger partial charge in [-0.05, 0) is 31.7 Å². The maximum atomic E-state index is 11.5. The highest BCUT2D eigenvalue weighted by Crippen LogP contribution is 2.11. The fourth-order valence-corrected chi connectivity index (χ4v) is 1.62. The van der Waals surface area contributed by atoms with E-state index in [9.17, 15) is 4.79 Å². The van der Waals surface area contributed by atoms with Gasteiger partial charge in [-0.15, -0.1) is 0 Å². The van der Waals surface area contributed by atoms with Crippen molar-refractivity contribution < 1.29 is 14.6 Å². The Hall–Kier alpha value is -1.59. The van der Waals surface area contributed by atoms with E-state index in [0.717, 1.165) is 11.3 Å². The third kappa shape index (κ3) is 6.79. The van der Waals surface area contributed by atoms with Crippen molar-refractivity contribution in [3.63, 3.8) is 0 Å². The molecule has 5 heteroatoms. The number of benzene rings is 1. The molecule has 0 aliphatic rings. The summed E-state index contributed by atoms with van der Waals surface area (Å²) < 4.78 is 5.52. The van der Waals surface area contributed by atoms with Crippen LogP contribution < -0.4 is 10.1 Å². The Morgan fingerprint density at radius 2 is 2.26 bits per heavy atom. The summed E-state index contributed by atoms with van der Waals surface area (Å²) in [7, 11) is 1.79. The standard InChI is InChI=1S/C14H22N2O3/c1-12-4-3-5-13(10-12)19-9-6-15-14(18)11-16(2)7-8-17/h3-5,10,17H,6-9,11H2,1-2H3,(H,15,18). The van der Waals surface area contributed by atoms with E-state index < -0.39 is 0 Å². The molecule has 1 aromatic carbocycles. The van der Waals surface area contributed by atoms with Crippen LogP contribution in [0.4, 0.5) is 0 Å². The summed E-state index contributed by atoms with van der Waals surface area (Å²) in [6.45, 7) is 3.75. The Labute approximate surface area is 114 Å². The number of nitrogens with zero attached hydrogens (tertiary/aromatic N) is 1. The zero-order valence-corrected chi connectivity index (χ0v) is 11.6. The van der Waals surface area contributed by atoms with Crippen molar-refractivity contribution in [3.05, 3.63) is 29.8 Å². The lowest BCUT2D eigenvalue weighted by Gasteiger charge is -2.14. The summed E-state index contributed by atoms with van der Waals surface area (Å²) in [6, 6.07) is 7.79. The van der Waals surface area contributed by atoms with Crippen LogP contribution in [0.3, 0.4) is 0 Å². The number of aliphatic hydroxyl groups excluding tert-OH is 1. The monoisotopic (exact) mass is 266 g/mol. The lowest BCUT2D eigenvalue weighted by atomic mass is 10.2. The van der Waals surface area contributed by atoms with Crippen molar-refractivity contribution in [3.8, 4) is 5.75 Å². The summed E-state index contributed by atoms with van der Waals surface area (Å²) in [4.78, 5) is 13.3. The van der Waals surface area contributed by atoms with Gasteiger partial charge in [0.05, 0.1) is 19.7 Å². The molecule has 0 unspecified atom stereocenters. The molecule has 0 saturated carbocycles. The number of aliphatic hydroxyl groups is 1. The van der Waals surface area contributed by atoms with Crippen LogP contribution in [-0.2, 0) is 4.79 Å². The number of ether oxygens (including phenoxy) is 1. The largest absolute Gasteiger partial charge is 0.492 e. The number of nitrogens with one attached hydrogen (secondary N) is 1. The van der Waals surface area contributed by atoms with Gasteiger partial charge in [0.1, 0.15) is 12.4 Å². The molecule has 0 fully saturated rings. The maximum Gasteiger partial charge on any atom is 0.234 e. The molecule has 106 valence electrons. The number of amides is 1. The van der Waals surface area contributed by atoms with Crippen molar-refractivity contribution in [2.45, 2.75) is 6.92 Å². The van der Waals surface area contributed by atoms with Gasteiger partial charge in [0.25, 0.3) is 0 Å². The van der Waals surface area contributed by atoms with E-state index in [1.54, 1.807) is 11.9 Å². The van der Waals surface area contributed by atoms with Crippen LogP contribution in [0.25, 0.3) is 0 Å². The zero-order chi connectivity index (χ0) is 14.1. The van der Waals surface area contributed by atoms with Gasteiger partial charge in [-0.3, -0.25) is 9.69 Å². The molecule has 0 aromatic heterocycles. The first kappa shape index (κ1) is 15.5. The number of carbonyl (C=O) groups excluding carboxylic acids is 1. The molecular weight excluding hydrogens is 244 g/mol. The van der Waals surface area contributed by atoms with Crippen molar-refractivity contribution in [1.29, 1.82) is 0 Å². The molecular formula is C14H22N2O3. The van der Waals surface area contributed by atoms with Gasteiger partial charge >= 0.3 is 0 Å². The molecule has 0 heterocycles. The second-order valence-corrected chi connectivity index (χ2v) is 4.48. The van der Waals surface area contributed by atoms with Crippen LogP contribution in [0.15, 0.2) is 24.3 Å². The third-order valence-corrected chi connectivity index (χ3v) is 2.58. The summed E-state index contributed by atoms with van der Waals surface area (Å²) in [5, 5.41) is 11.5. The molecule has 0 spiro atoms.